The Morgan fingerprint density at radius 3 is 2.55 bits per heavy atom. The predicted octanol–water partition coefficient (Wildman–Crippen LogP) is 0.628. The van der Waals surface area contributed by atoms with Gasteiger partial charge in [-0.2, -0.15) is 4.99 Å². The molecule has 0 aliphatic carbocycles. The first kappa shape index (κ1) is 14.6. The summed E-state index contributed by atoms with van der Waals surface area (Å²) < 4.78 is 25.4. The van der Waals surface area contributed by atoms with Crippen LogP contribution in [0.1, 0.15) is 6.92 Å². The number of aryl methyl sites for hydroxylation is 1. The Morgan fingerprint density at radius 2 is 1.95 bits per heavy atom. The second-order valence-corrected chi connectivity index (χ2v) is 7.27. The number of carbonyl (C=O) groups excluding carboxylic acids is 2. The van der Waals surface area contributed by atoms with Crippen LogP contribution in [0.4, 0.5) is 0 Å². The van der Waals surface area contributed by atoms with Crippen molar-refractivity contribution in [2.75, 3.05) is 5.75 Å². The van der Waals surface area contributed by atoms with Gasteiger partial charge in [0, 0.05) is 14.0 Å². The SMILES string of the molecule is CC(=O)S(=O)(=O)CC(=O)N=c1sc2ccccc2n1C. The standard InChI is InChI=1S/C12H12N2O4S2/c1-8(15)20(17,18)7-11(16)13-12-14(2)9-5-3-4-6-10(9)19-12/h3-6H,7H2,1-2H3. The zero-order valence-corrected chi connectivity index (χ0v) is 12.5. The van der Waals surface area contributed by atoms with Gasteiger partial charge in [-0.1, -0.05) is 23.5 Å². The molecule has 106 valence electrons. The number of fused-ring (bicyclic) bond motifs is 1. The number of amides is 1. The van der Waals surface area contributed by atoms with Gasteiger partial charge in [0.15, 0.2) is 4.80 Å². The molecule has 1 heterocycles. The van der Waals surface area contributed by atoms with Gasteiger partial charge in [-0.3, -0.25) is 9.59 Å². The lowest BCUT2D eigenvalue weighted by Gasteiger charge is -1.96. The molecule has 0 atom stereocenters. The number of hydrogen-bond donors (Lipinski definition) is 0. The van der Waals surface area contributed by atoms with Gasteiger partial charge in [-0.05, 0) is 12.1 Å². The molecule has 0 spiro atoms. The van der Waals surface area contributed by atoms with Crippen LogP contribution in [0.5, 0.6) is 0 Å². The summed E-state index contributed by atoms with van der Waals surface area (Å²) in [5.74, 6) is -1.74. The topological polar surface area (TPSA) is 85.6 Å². The third-order valence-electron chi connectivity index (χ3n) is 2.69. The van der Waals surface area contributed by atoms with E-state index >= 15 is 0 Å². The average Bonchev–Trinajstić information content (AvgIpc) is 2.66. The van der Waals surface area contributed by atoms with Crippen molar-refractivity contribution in [3.05, 3.63) is 29.1 Å². The molecule has 0 aliphatic heterocycles. The molecule has 2 rings (SSSR count). The molecule has 6 nitrogen and oxygen atoms in total. The Labute approximate surface area is 119 Å². The summed E-state index contributed by atoms with van der Waals surface area (Å²) in [5, 5.41) is -1.03. The maximum absolute atomic E-state index is 11.7. The van der Waals surface area contributed by atoms with Gasteiger partial charge in [-0.15, -0.1) is 0 Å². The van der Waals surface area contributed by atoms with Crippen LogP contribution in [-0.4, -0.2) is 29.8 Å². The second kappa shape index (κ2) is 5.29. The van der Waals surface area contributed by atoms with Crippen LogP contribution < -0.4 is 4.80 Å². The predicted molar refractivity (Wildman–Crippen MR) is 75.8 cm³/mol. The number of benzene rings is 1. The zero-order valence-electron chi connectivity index (χ0n) is 10.9. The first-order valence-electron chi connectivity index (χ1n) is 5.67. The summed E-state index contributed by atoms with van der Waals surface area (Å²) in [6.07, 6.45) is 0. The number of nitrogens with zero attached hydrogens (tertiary/aromatic N) is 2. The van der Waals surface area contributed by atoms with Crippen LogP contribution in [0.25, 0.3) is 10.2 Å². The maximum Gasteiger partial charge on any atom is 0.264 e. The number of thiazole rings is 1. The molecule has 1 amide bonds. The third-order valence-corrected chi connectivity index (χ3v) is 5.30. The molecular weight excluding hydrogens is 300 g/mol. The molecule has 2 aromatic rings. The van der Waals surface area contributed by atoms with E-state index in [1.54, 1.807) is 11.6 Å². The van der Waals surface area contributed by atoms with Crippen molar-refractivity contribution in [2.24, 2.45) is 12.0 Å². The number of hydrogen-bond acceptors (Lipinski definition) is 5. The minimum absolute atomic E-state index is 0.398. The highest BCUT2D eigenvalue weighted by Crippen LogP contribution is 2.15. The number of rotatable bonds is 2. The molecule has 0 saturated carbocycles. The van der Waals surface area contributed by atoms with Crippen molar-refractivity contribution < 1.29 is 18.0 Å². The fourth-order valence-electron chi connectivity index (χ4n) is 1.59. The minimum atomic E-state index is -4.05. The smallest absolute Gasteiger partial charge is 0.264 e. The summed E-state index contributed by atoms with van der Waals surface area (Å²) in [7, 11) is -2.31. The molecule has 0 fully saturated rings. The highest BCUT2D eigenvalue weighted by Gasteiger charge is 2.21. The Hall–Kier alpha value is -1.80. The molecule has 1 aromatic carbocycles. The molecule has 20 heavy (non-hydrogen) atoms. The molecule has 0 unspecified atom stereocenters. The highest BCUT2D eigenvalue weighted by atomic mass is 32.2. The van der Waals surface area contributed by atoms with E-state index in [2.05, 4.69) is 4.99 Å². The van der Waals surface area contributed by atoms with Crippen LogP contribution in [0.2, 0.25) is 0 Å². The molecule has 0 radical (unpaired) electrons. The number of aromatic nitrogens is 1. The van der Waals surface area contributed by atoms with Crippen molar-refractivity contribution >= 4 is 42.4 Å². The van der Waals surface area contributed by atoms with Gasteiger partial charge in [-0.25, -0.2) is 8.42 Å². The normalized spacial score (nSPS) is 12.8. The Kier molecular flexibility index (Phi) is 3.87. The quantitative estimate of drug-likeness (QED) is 0.814. The van der Waals surface area contributed by atoms with Gasteiger partial charge in [0.05, 0.1) is 10.2 Å². The van der Waals surface area contributed by atoms with Gasteiger partial charge in [0.1, 0.15) is 5.75 Å². The molecule has 0 aliphatic rings. The van der Waals surface area contributed by atoms with Gasteiger partial charge in [0.25, 0.3) is 5.91 Å². The molecule has 0 N–H and O–H groups in total. The number of para-hydroxylation sites is 1. The Bertz CT molecular complexity index is 859. The first-order chi connectivity index (χ1) is 9.31. The van der Waals surface area contributed by atoms with E-state index in [9.17, 15) is 18.0 Å². The minimum Gasteiger partial charge on any atom is -0.319 e. The van der Waals surface area contributed by atoms with Gasteiger partial charge < -0.3 is 4.57 Å². The molecule has 8 heteroatoms. The largest absolute Gasteiger partial charge is 0.319 e. The first-order valence-corrected chi connectivity index (χ1v) is 8.13. The molecular formula is C12H12N2O4S2. The van der Waals surface area contributed by atoms with Crippen LogP contribution in [-0.2, 0) is 26.5 Å². The Morgan fingerprint density at radius 1 is 1.30 bits per heavy atom. The van der Waals surface area contributed by atoms with E-state index in [0.29, 0.717) is 4.80 Å². The third kappa shape index (κ3) is 2.86. The van der Waals surface area contributed by atoms with E-state index in [0.717, 1.165) is 17.1 Å². The highest BCUT2D eigenvalue weighted by molar-refractivity contribution is 8.06. The molecule has 1 aromatic heterocycles. The van der Waals surface area contributed by atoms with E-state index < -0.39 is 26.6 Å². The number of sulfone groups is 1. The average molecular weight is 312 g/mol. The van der Waals surface area contributed by atoms with Crippen molar-refractivity contribution in [2.45, 2.75) is 6.92 Å². The Balaban J connectivity index is 2.41. The maximum atomic E-state index is 11.7. The van der Waals surface area contributed by atoms with Crippen molar-refractivity contribution in [1.82, 2.24) is 4.57 Å². The second-order valence-electron chi connectivity index (χ2n) is 4.17. The van der Waals surface area contributed by atoms with Crippen LogP contribution >= 0.6 is 11.3 Å². The van der Waals surface area contributed by atoms with E-state index in [4.69, 9.17) is 0 Å². The zero-order chi connectivity index (χ0) is 14.9. The van der Waals surface area contributed by atoms with Crippen molar-refractivity contribution in [3.63, 3.8) is 0 Å². The monoisotopic (exact) mass is 312 g/mol. The van der Waals surface area contributed by atoms with Gasteiger partial charge >= 0.3 is 0 Å². The fraction of sp³-hybridized carbons (Fsp3) is 0.250. The molecule has 0 bridgehead atoms. The lowest BCUT2D eigenvalue weighted by atomic mass is 10.3. The van der Waals surface area contributed by atoms with Crippen LogP contribution in [0.15, 0.2) is 29.3 Å². The number of carbonyl (C=O) groups is 2. The van der Waals surface area contributed by atoms with E-state index in [1.807, 2.05) is 24.3 Å². The summed E-state index contributed by atoms with van der Waals surface area (Å²) in [6.45, 7) is 0.919. The molecule has 0 saturated heterocycles. The van der Waals surface area contributed by atoms with E-state index in [-0.39, 0.29) is 0 Å². The van der Waals surface area contributed by atoms with E-state index in [1.165, 1.54) is 11.3 Å². The van der Waals surface area contributed by atoms with Gasteiger partial charge in [0.2, 0.25) is 15.0 Å². The summed E-state index contributed by atoms with van der Waals surface area (Å²) in [5.41, 5.74) is 0.901. The summed E-state index contributed by atoms with van der Waals surface area (Å²) in [6, 6.07) is 7.49. The lowest BCUT2D eigenvalue weighted by Crippen LogP contribution is -2.23. The van der Waals surface area contributed by atoms with Crippen molar-refractivity contribution in [1.29, 1.82) is 0 Å². The lowest BCUT2D eigenvalue weighted by molar-refractivity contribution is -0.116. The summed E-state index contributed by atoms with van der Waals surface area (Å²) >= 11 is 1.28. The van der Waals surface area contributed by atoms with Crippen molar-refractivity contribution in [3.8, 4) is 0 Å². The van der Waals surface area contributed by atoms with Crippen LogP contribution in [0.3, 0.4) is 0 Å². The summed E-state index contributed by atoms with van der Waals surface area (Å²) in [4.78, 5) is 26.7. The fourth-order valence-corrected chi connectivity index (χ4v) is 3.22. The van der Waals surface area contributed by atoms with Crippen LogP contribution in [0, 0.1) is 0 Å².